The highest BCUT2D eigenvalue weighted by Gasteiger charge is 2.26. The second-order valence-electron chi connectivity index (χ2n) is 4.58. The number of rotatable bonds is 6. The van der Waals surface area contributed by atoms with Crippen LogP contribution < -0.4 is 5.32 Å². The Morgan fingerprint density at radius 1 is 1.24 bits per heavy atom. The predicted octanol–water partition coefficient (Wildman–Crippen LogP) is 1.93. The number of carboxylic acids is 1. The predicted molar refractivity (Wildman–Crippen MR) is 66.9 cm³/mol. The van der Waals surface area contributed by atoms with Gasteiger partial charge in [0.25, 0.3) is 0 Å². The van der Waals surface area contributed by atoms with Gasteiger partial charge in [-0.05, 0) is 18.8 Å². The molecule has 5 nitrogen and oxygen atoms in total. The lowest BCUT2D eigenvalue weighted by atomic mass is 10.0. The molecule has 2 N–H and O–H groups in total. The Kier molecular flexibility index (Phi) is 6.61. The average Bonchev–Trinajstić information content (AvgIpc) is 2.25. The molecule has 0 radical (unpaired) electrons. The molecule has 17 heavy (non-hydrogen) atoms. The summed E-state index contributed by atoms with van der Waals surface area (Å²) in [5.74, 6) is -0.634. The lowest BCUT2D eigenvalue weighted by Crippen LogP contribution is -2.50. The third-order valence-corrected chi connectivity index (χ3v) is 3.01. The molecule has 0 rings (SSSR count). The van der Waals surface area contributed by atoms with Crippen LogP contribution in [0.5, 0.6) is 0 Å². The van der Waals surface area contributed by atoms with Crippen LogP contribution in [0, 0.1) is 5.92 Å². The molecule has 0 aliphatic rings. The molecule has 0 fully saturated rings. The van der Waals surface area contributed by atoms with Crippen molar-refractivity contribution in [3.63, 3.8) is 0 Å². The fraction of sp³-hybridized carbons (Fsp3) is 0.833. The summed E-state index contributed by atoms with van der Waals surface area (Å²) in [6.45, 7) is 7.81. The Hall–Kier alpha value is -1.26. The van der Waals surface area contributed by atoms with Gasteiger partial charge < -0.3 is 15.3 Å². The van der Waals surface area contributed by atoms with Gasteiger partial charge >= 0.3 is 12.0 Å². The van der Waals surface area contributed by atoms with E-state index in [1.807, 2.05) is 20.8 Å². The monoisotopic (exact) mass is 244 g/mol. The summed E-state index contributed by atoms with van der Waals surface area (Å²) in [5, 5.41) is 11.8. The van der Waals surface area contributed by atoms with Gasteiger partial charge in [0, 0.05) is 13.1 Å². The highest BCUT2D eigenvalue weighted by atomic mass is 16.4. The number of nitrogens with zero attached hydrogens (tertiary/aromatic N) is 1. The minimum Gasteiger partial charge on any atom is -0.480 e. The Balaban J connectivity index is 4.54. The van der Waals surface area contributed by atoms with Crippen molar-refractivity contribution in [1.29, 1.82) is 0 Å². The molecule has 0 saturated carbocycles. The van der Waals surface area contributed by atoms with Gasteiger partial charge in [-0.3, -0.25) is 0 Å². The first-order chi connectivity index (χ1) is 7.84. The Morgan fingerprint density at radius 3 is 2.06 bits per heavy atom. The first kappa shape index (κ1) is 15.7. The van der Waals surface area contributed by atoms with Gasteiger partial charge in [0.2, 0.25) is 0 Å². The summed E-state index contributed by atoms with van der Waals surface area (Å²) in [5.41, 5.74) is 0. The number of carbonyl (C=O) groups excluding carboxylic acids is 1. The molecule has 2 amide bonds. The third-order valence-electron chi connectivity index (χ3n) is 3.01. The standard InChI is InChI=1S/C12H24N2O3/c1-6-9(8(3)4)13-12(17)14(5)10(7-2)11(15)16/h8-10H,6-7H2,1-5H3,(H,13,17)(H,15,16). The number of likely N-dealkylation sites (N-methyl/N-ethyl adjacent to an activating group) is 1. The van der Waals surface area contributed by atoms with Crippen LogP contribution in [0.3, 0.4) is 0 Å². The Bertz CT molecular complexity index is 266. The highest BCUT2D eigenvalue weighted by Crippen LogP contribution is 2.08. The van der Waals surface area contributed by atoms with Crippen LogP contribution in [0.4, 0.5) is 4.79 Å². The summed E-state index contributed by atoms with van der Waals surface area (Å²) in [6.07, 6.45) is 1.23. The minimum absolute atomic E-state index is 0.0799. The zero-order valence-electron chi connectivity index (χ0n) is 11.4. The number of nitrogens with one attached hydrogen (secondary N) is 1. The molecule has 0 spiro atoms. The summed E-state index contributed by atoms with van der Waals surface area (Å²) in [7, 11) is 1.52. The highest BCUT2D eigenvalue weighted by molar-refractivity contribution is 5.82. The maximum Gasteiger partial charge on any atom is 0.326 e. The maximum atomic E-state index is 11.9. The third kappa shape index (κ3) is 4.63. The topological polar surface area (TPSA) is 69.6 Å². The van der Waals surface area contributed by atoms with Gasteiger partial charge in [0.15, 0.2) is 0 Å². The van der Waals surface area contributed by atoms with E-state index in [0.717, 1.165) is 6.42 Å². The summed E-state index contributed by atoms with van der Waals surface area (Å²) in [6, 6.07) is -1.00. The van der Waals surface area contributed by atoms with Crippen molar-refractivity contribution in [3.8, 4) is 0 Å². The van der Waals surface area contributed by atoms with Crippen molar-refractivity contribution in [3.05, 3.63) is 0 Å². The van der Waals surface area contributed by atoms with Crippen molar-refractivity contribution in [2.45, 2.75) is 52.6 Å². The number of aliphatic carboxylic acids is 1. The number of carbonyl (C=O) groups is 2. The molecule has 0 bridgehead atoms. The van der Waals surface area contributed by atoms with E-state index in [9.17, 15) is 9.59 Å². The molecular formula is C12H24N2O3. The van der Waals surface area contributed by atoms with Gasteiger partial charge in [0.05, 0.1) is 0 Å². The molecular weight excluding hydrogens is 220 g/mol. The van der Waals surface area contributed by atoms with Crippen molar-refractivity contribution in [2.24, 2.45) is 5.92 Å². The van der Waals surface area contributed by atoms with Crippen molar-refractivity contribution < 1.29 is 14.7 Å². The molecule has 2 unspecified atom stereocenters. The first-order valence-corrected chi connectivity index (χ1v) is 6.11. The quantitative estimate of drug-likeness (QED) is 0.750. The van der Waals surface area contributed by atoms with Gasteiger partial charge in [0.1, 0.15) is 6.04 Å². The van der Waals surface area contributed by atoms with Crippen LogP contribution in [0.1, 0.15) is 40.5 Å². The van der Waals surface area contributed by atoms with Gasteiger partial charge in [-0.1, -0.05) is 27.7 Å². The van der Waals surface area contributed by atoms with Crippen LogP contribution in [0.2, 0.25) is 0 Å². The lowest BCUT2D eigenvalue weighted by Gasteiger charge is -2.28. The van der Waals surface area contributed by atoms with Crippen LogP contribution in [0.15, 0.2) is 0 Å². The van der Waals surface area contributed by atoms with E-state index < -0.39 is 12.0 Å². The van der Waals surface area contributed by atoms with E-state index >= 15 is 0 Å². The van der Waals surface area contributed by atoms with Crippen LogP contribution in [-0.4, -0.2) is 41.1 Å². The largest absolute Gasteiger partial charge is 0.480 e. The second kappa shape index (κ2) is 7.14. The van der Waals surface area contributed by atoms with E-state index in [1.165, 1.54) is 11.9 Å². The fourth-order valence-electron chi connectivity index (χ4n) is 1.76. The molecule has 2 atom stereocenters. The molecule has 0 heterocycles. The summed E-state index contributed by atoms with van der Waals surface area (Å²) < 4.78 is 0. The molecule has 0 aliphatic carbocycles. The average molecular weight is 244 g/mol. The number of hydrogen-bond acceptors (Lipinski definition) is 2. The molecule has 5 heteroatoms. The molecule has 0 saturated heterocycles. The van der Waals surface area contributed by atoms with Crippen LogP contribution in [0.25, 0.3) is 0 Å². The summed E-state index contributed by atoms with van der Waals surface area (Å²) in [4.78, 5) is 24.1. The SMILES string of the molecule is CCC(NC(=O)N(C)C(CC)C(=O)O)C(C)C. The normalized spacial score (nSPS) is 14.2. The Labute approximate surface area is 103 Å². The molecule has 0 aromatic carbocycles. The lowest BCUT2D eigenvalue weighted by molar-refractivity contribution is -0.141. The number of amides is 2. The second-order valence-corrected chi connectivity index (χ2v) is 4.58. The van der Waals surface area contributed by atoms with Crippen LogP contribution >= 0.6 is 0 Å². The van der Waals surface area contributed by atoms with Crippen molar-refractivity contribution in [1.82, 2.24) is 10.2 Å². The molecule has 100 valence electrons. The van der Waals surface area contributed by atoms with Gasteiger partial charge in [-0.25, -0.2) is 9.59 Å². The molecule has 0 aromatic rings. The molecule has 0 aromatic heterocycles. The van der Waals surface area contributed by atoms with Crippen molar-refractivity contribution >= 4 is 12.0 Å². The van der Waals surface area contributed by atoms with Crippen LogP contribution in [-0.2, 0) is 4.79 Å². The summed E-state index contributed by atoms with van der Waals surface area (Å²) >= 11 is 0. The number of urea groups is 1. The minimum atomic E-state index is -0.970. The molecule has 0 aliphatic heterocycles. The van der Waals surface area contributed by atoms with E-state index in [0.29, 0.717) is 12.3 Å². The van der Waals surface area contributed by atoms with E-state index in [1.54, 1.807) is 6.92 Å². The number of hydrogen-bond donors (Lipinski definition) is 2. The maximum absolute atomic E-state index is 11.9. The smallest absolute Gasteiger partial charge is 0.326 e. The van der Waals surface area contributed by atoms with E-state index in [4.69, 9.17) is 5.11 Å². The van der Waals surface area contributed by atoms with Crippen molar-refractivity contribution in [2.75, 3.05) is 7.05 Å². The van der Waals surface area contributed by atoms with E-state index in [2.05, 4.69) is 5.32 Å². The Morgan fingerprint density at radius 2 is 1.76 bits per heavy atom. The first-order valence-electron chi connectivity index (χ1n) is 6.11. The number of carboxylic acid groups (broad SMARTS) is 1. The fourth-order valence-corrected chi connectivity index (χ4v) is 1.76. The van der Waals surface area contributed by atoms with Gasteiger partial charge in [-0.15, -0.1) is 0 Å². The van der Waals surface area contributed by atoms with E-state index in [-0.39, 0.29) is 12.1 Å². The van der Waals surface area contributed by atoms with Gasteiger partial charge in [-0.2, -0.15) is 0 Å². The zero-order chi connectivity index (χ0) is 13.6. The zero-order valence-corrected chi connectivity index (χ0v) is 11.4.